The molecule has 30 heavy (non-hydrogen) atoms. The number of halogens is 1. The first-order valence-electron chi connectivity index (χ1n) is 9.61. The van der Waals surface area contributed by atoms with Gasteiger partial charge in [-0.25, -0.2) is 5.84 Å². The van der Waals surface area contributed by atoms with Gasteiger partial charge in [-0.3, -0.25) is 9.59 Å². The van der Waals surface area contributed by atoms with Crippen molar-refractivity contribution in [1.82, 2.24) is 14.8 Å². The SMILES string of the molecule is CN(C)C(=O)c1cc2cc(C3=CCCN(C(=O)CCN(N)/C=C\N)C3)cc(Br)c2o1. The number of hydrogen-bond acceptors (Lipinski definition) is 6. The molecule has 0 saturated carbocycles. The van der Waals surface area contributed by atoms with Crippen molar-refractivity contribution in [3.63, 3.8) is 0 Å². The summed E-state index contributed by atoms with van der Waals surface area (Å²) in [6.45, 7) is 1.60. The molecule has 0 fully saturated rings. The summed E-state index contributed by atoms with van der Waals surface area (Å²) in [6.07, 6.45) is 6.11. The van der Waals surface area contributed by atoms with E-state index < -0.39 is 0 Å². The van der Waals surface area contributed by atoms with E-state index in [-0.39, 0.29) is 11.8 Å². The van der Waals surface area contributed by atoms with Crippen LogP contribution in [0.2, 0.25) is 0 Å². The average Bonchev–Trinajstić information content (AvgIpc) is 3.16. The van der Waals surface area contributed by atoms with Crippen LogP contribution in [-0.2, 0) is 4.79 Å². The quantitative estimate of drug-likeness (QED) is 0.490. The molecule has 9 heteroatoms. The third-order valence-electron chi connectivity index (χ3n) is 4.92. The van der Waals surface area contributed by atoms with Gasteiger partial charge >= 0.3 is 0 Å². The molecule has 0 bridgehead atoms. The first kappa shape index (κ1) is 21.9. The normalized spacial score (nSPS) is 14.3. The zero-order chi connectivity index (χ0) is 21.8. The minimum atomic E-state index is -0.188. The summed E-state index contributed by atoms with van der Waals surface area (Å²) in [6, 6.07) is 5.70. The fraction of sp³-hybridized carbons (Fsp3) is 0.333. The molecule has 4 N–H and O–H groups in total. The number of nitrogens with two attached hydrogens (primary N) is 2. The van der Waals surface area contributed by atoms with Gasteiger partial charge in [0.15, 0.2) is 5.76 Å². The Bertz CT molecular complexity index is 1010. The average molecular weight is 476 g/mol. The summed E-state index contributed by atoms with van der Waals surface area (Å²) in [7, 11) is 3.37. The van der Waals surface area contributed by atoms with E-state index in [1.165, 1.54) is 22.3 Å². The van der Waals surface area contributed by atoms with Crippen LogP contribution in [-0.4, -0.2) is 60.4 Å². The molecule has 2 amide bonds. The number of benzene rings is 1. The molecule has 1 aromatic carbocycles. The summed E-state index contributed by atoms with van der Waals surface area (Å²) in [5.74, 6) is 5.88. The zero-order valence-corrected chi connectivity index (χ0v) is 18.7. The molecular weight excluding hydrogens is 450 g/mol. The Labute approximate surface area is 183 Å². The minimum Gasteiger partial charge on any atom is -0.450 e. The van der Waals surface area contributed by atoms with Gasteiger partial charge in [-0.1, -0.05) is 6.08 Å². The first-order valence-corrected chi connectivity index (χ1v) is 10.4. The number of hydrogen-bond donors (Lipinski definition) is 2. The van der Waals surface area contributed by atoms with Gasteiger partial charge in [-0.15, -0.1) is 0 Å². The molecule has 1 aliphatic heterocycles. The summed E-state index contributed by atoms with van der Waals surface area (Å²) in [5.41, 5.74) is 7.99. The van der Waals surface area contributed by atoms with E-state index in [4.69, 9.17) is 16.0 Å². The van der Waals surface area contributed by atoms with Gasteiger partial charge in [0, 0.05) is 57.9 Å². The van der Waals surface area contributed by atoms with Crippen LogP contribution in [0.15, 0.2) is 45.6 Å². The Hall–Kier alpha value is -2.78. The number of rotatable bonds is 6. The number of fused-ring (bicyclic) bond motifs is 1. The summed E-state index contributed by atoms with van der Waals surface area (Å²) in [4.78, 5) is 28.1. The Morgan fingerprint density at radius 1 is 1.30 bits per heavy atom. The second kappa shape index (κ2) is 9.36. The molecule has 0 unspecified atom stereocenters. The first-order chi connectivity index (χ1) is 14.3. The molecule has 2 heterocycles. The molecule has 0 spiro atoms. The van der Waals surface area contributed by atoms with Gasteiger partial charge in [-0.05, 0) is 51.7 Å². The van der Waals surface area contributed by atoms with E-state index in [0.29, 0.717) is 37.4 Å². The second-order valence-corrected chi connectivity index (χ2v) is 8.20. The monoisotopic (exact) mass is 475 g/mol. The number of amides is 2. The number of carbonyl (C=O) groups excluding carboxylic acids is 2. The predicted molar refractivity (Wildman–Crippen MR) is 120 cm³/mol. The maximum absolute atomic E-state index is 12.6. The van der Waals surface area contributed by atoms with E-state index in [1.54, 1.807) is 20.2 Å². The van der Waals surface area contributed by atoms with Crippen LogP contribution < -0.4 is 11.6 Å². The van der Waals surface area contributed by atoms with Crippen LogP contribution in [0.5, 0.6) is 0 Å². The molecule has 0 atom stereocenters. The van der Waals surface area contributed by atoms with Crippen molar-refractivity contribution in [2.45, 2.75) is 12.8 Å². The highest BCUT2D eigenvalue weighted by Gasteiger charge is 2.21. The van der Waals surface area contributed by atoms with Crippen molar-refractivity contribution in [3.8, 4) is 0 Å². The number of furan rings is 1. The zero-order valence-electron chi connectivity index (χ0n) is 17.1. The Morgan fingerprint density at radius 3 is 2.77 bits per heavy atom. The van der Waals surface area contributed by atoms with E-state index in [9.17, 15) is 9.59 Å². The van der Waals surface area contributed by atoms with E-state index >= 15 is 0 Å². The van der Waals surface area contributed by atoms with Crippen molar-refractivity contribution >= 4 is 44.3 Å². The van der Waals surface area contributed by atoms with Crippen LogP contribution in [0.1, 0.15) is 29.0 Å². The molecular formula is C21H26BrN5O3. The lowest BCUT2D eigenvalue weighted by Crippen LogP contribution is -2.38. The maximum Gasteiger partial charge on any atom is 0.289 e. The second-order valence-electron chi connectivity index (χ2n) is 7.35. The number of hydrazine groups is 1. The number of carbonyl (C=O) groups is 2. The smallest absolute Gasteiger partial charge is 0.289 e. The summed E-state index contributed by atoms with van der Waals surface area (Å²) in [5, 5.41) is 2.23. The molecule has 1 aromatic heterocycles. The molecule has 3 rings (SSSR count). The van der Waals surface area contributed by atoms with Crippen LogP contribution >= 0.6 is 15.9 Å². The molecule has 0 radical (unpaired) electrons. The highest BCUT2D eigenvalue weighted by Crippen LogP contribution is 2.33. The van der Waals surface area contributed by atoms with Crippen molar-refractivity contribution in [2.75, 3.05) is 33.7 Å². The molecule has 1 aliphatic rings. The van der Waals surface area contributed by atoms with Gasteiger partial charge in [0.2, 0.25) is 5.91 Å². The van der Waals surface area contributed by atoms with Gasteiger partial charge in [0.25, 0.3) is 5.91 Å². The fourth-order valence-corrected chi connectivity index (χ4v) is 3.91. The summed E-state index contributed by atoms with van der Waals surface area (Å²) >= 11 is 3.55. The molecule has 8 nitrogen and oxygen atoms in total. The van der Waals surface area contributed by atoms with Gasteiger partial charge < -0.3 is 25.0 Å². The van der Waals surface area contributed by atoms with Gasteiger partial charge in [0.1, 0.15) is 5.58 Å². The van der Waals surface area contributed by atoms with E-state index in [1.807, 2.05) is 17.0 Å². The largest absolute Gasteiger partial charge is 0.450 e. The van der Waals surface area contributed by atoms with Crippen LogP contribution in [0, 0.1) is 0 Å². The Balaban J connectivity index is 1.77. The lowest BCUT2D eigenvalue weighted by molar-refractivity contribution is -0.130. The van der Waals surface area contributed by atoms with Crippen molar-refractivity contribution < 1.29 is 14.0 Å². The maximum atomic E-state index is 12.6. The lowest BCUT2D eigenvalue weighted by atomic mass is 9.99. The third kappa shape index (κ3) is 4.85. The van der Waals surface area contributed by atoms with E-state index in [0.717, 1.165) is 27.4 Å². The minimum absolute atomic E-state index is 0.0452. The van der Waals surface area contributed by atoms with Crippen LogP contribution in [0.3, 0.4) is 0 Å². The fourth-order valence-electron chi connectivity index (χ4n) is 3.36. The predicted octanol–water partition coefficient (Wildman–Crippen LogP) is 2.51. The highest BCUT2D eigenvalue weighted by atomic mass is 79.9. The van der Waals surface area contributed by atoms with Crippen molar-refractivity contribution in [2.24, 2.45) is 11.6 Å². The number of nitrogens with zero attached hydrogens (tertiary/aromatic N) is 3. The Morgan fingerprint density at radius 2 is 2.07 bits per heavy atom. The molecule has 2 aromatic rings. The van der Waals surface area contributed by atoms with Gasteiger partial charge in [-0.2, -0.15) is 0 Å². The topological polar surface area (TPSA) is 109 Å². The van der Waals surface area contributed by atoms with Crippen LogP contribution in [0.4, 0.5) is 0 Å². The lowest BCUT2D eigenvalue weighted by Gasteiger charge is -2.28. The van der Waals surface area contributed by atoms with Crippen LogP contribution in [0.25, 0.3) is 16.5 Å². The van der Waals surface area contributed by atoms with E-state index in [2.05, 4.69) is 22.0 Å². The standard InChI is InChI=1S/C21H26BrN5O3/c1-25(2)21(29)18-12-16-10-15(11-17(22)20(16)30-18)14-4-3-7-26(13-14)19(28)5-8-27(24)9-6-23/h4,6,9-12H,3,5,7-8,13,23-24H2,1-2H3/b9-6-. The molecule has 160 valence electrons. The van der Waals surface area contributed by atoms with Gasteiger partial charge in [0.05, 0.1) is 4.47 Å². The third-order valence-corrected chi connectivity index (χ3v) is 5.51. The summed E-state index contributed by atoms with van der Waals surface area (Å²) < 4.78 is 6.51. The van der Waals surface area contributed by atoms with Crippen molar-refractivity contribution in [3.05, 3.63) is 52.5 Å². The molecule has 0 aliphatic carbocycles. The Kier molecular flexibility index (Phi) is 6.84. The van der Waals surface area contributed by atoms with Crippen molar-refractivity contribution in [1.29, 1.82) is 0 Å². The molecule has 0 saturated heterocycles. The highest BCUT2D eigenvalue weighted by molar-refractivity contribution is 9.10.